The summed E-state index contributed by atoms with van der Waals surface area (Å²) in [4.78, 5) is 0. The van der Waals surface area contributed by atoms with Crippen LogP contribution in [0.1, 0.15) is 13.8 Å². The average molecular weight is 190 g/mol. The second kappa shape index (κ2) is 17.9. The van der Waals surface area contributed by atoms with Gasteiger partial charge in [-0.15, -0.1) is 0 Å². The molecule has 13 heavy (non-hydrogen) atoms. The number of ether oxygens (including phenoxy) is 1. The number of rotatable bonds is 2. The molecule has 3 nitrogen and oxygen atoms in total. The van der Waals surface area contributed by atoms with Gasteiger partial charge in [0.2, 0.25) is 0 Å². The molecule has 0 aromatic rings. The van der Waals surface area contributed by atoms with Gasteiger partial charge in [-0.3, -0.25) is 0 Å². The highest BCUT2D eigenvalue weighted by molar-refractivity contribution is 6.46. The Morgan fingerprint density at radius 1 is 0.846 bits per heavy atom. The molecule has 0 atom stereocenters. The third-order valence-electron chi connectivity index (χ3n) is 0.408. The first-order valence-corrected chi connectivity index (χ1v) is 4.82. The molecule has 0 radical (unpaired) electrons. The normalized spacial score (nSPS) is 7.38. The zero-order valence-electron chi connectivity index (χ0n) is 9.87. The lowest BCUT2D eigenvalue weighted by Gasteiger charge is -1.86. The molecule has 2 N–H and O–H groups in total. The topological polar surface area (TPSA) is 49.7 Å². The maximum Gasteiger partial charge on any atom is 0.282 e. The van der Waals surface area contributed by atoms with Crippen LogP contribution in [0.5, 0.6) is 0 Å². The Kier molecular flexibility index (Phi) is 25.8. The molecule has 0 aromatic carbocycles. The Hall–Kier alpha value is 0.00987. The lowest BCUT2D eigenvalue weighted by Crippen LogP contribution is -1.93. The molecule has 0 rings (SSSR count). The van der Waals surface area contributed by atoms with Gasteiger partial charge in [-0.05, 0) is 13.8 Å². The van der Waals surface area contributed by atoms with Gasteiger partial charge < -0.3 is 14.8 Å². The van der Waals surface area contributed by atoms with Crippen LogP contribution in [0.3, 0.4) is 0 Å². The van der Waals surface area contributed by atoms with Crippen LogP contribution in [0.15, 0.2) is 0 Å². The van der Waals surface area contributed by atoms with Gasteiger partial charge in [0.15, 0.2) is 0 Å². The summed E-state index contributed by atoms with van der Waals surface area (Å²) in [5.41, 5.74) is 0. The summed E-state index contributed by atoms with van der Waals surface area (Å²) < 4.78 is 4.83. The molecule has 0 unspecified atom stereocenters. The first-order chi connectivity index (χ1) is 5.88. The Bertz CT molecular complexity index is 56.9. The van der Waals surface area contributed by atoms with Gasteiger partial charge in [0, 0.05) is 13.2 Å². The van der Waals surface area contributed by atoms with Crippen LogP contribution < -0.4 is 0 Å². The minimum Gasteiger partial charge on any atom is -0.451 e. The molecule has 0 aromatic heterocycles. The van der Waals surface area contributed by atoms with Gasteiger partial charge in [0.05, 0.1) is 0 Å². The molecule has 0 aliphatic rings. The molecule has 0 fully saturated rings. The summed E-state index contributed by atoms with van der Waals surface area (Å²) in [6, 6.07) is 0. The van der Waals surface area contributed by atoms with Crippen molar-refractivity contribution in [1.29, 1.82) is 0 Å². The van der Waals surface area contributed by atoms with Crippen molar-refractivity contribution in [3.63, 3.8) is 0 Å². The maximum absolute atomic E-state index is 8.06. The van der Waals surface area contributed by atoms with Crippen LogP contribution in [0, 0.1) is 0 Å². The van der Waals surface area contributed by atoms with Crippen molar-refractivity contribution in [1.82, 2.24) is 0 Å². The predicted molar refractivity (Wildman–Crippen MR) is 61.6 cm³/mol. The van der Waals surface area contributed by atoms with Crippen molar-refractivity contribution < 1.29 is 14.8 Å². The van der Waals surface area contributed by atoms with E-state index in [4.69, 9.17) is 14.8 Å². The molecular weight excluding hydrogens is 166 g/mol. The van der Waals surface area contributed by atoms with E-state index in [1.54, 1.807) is 27.3 Å². The van der Waals surface area contributed by atoms with Crippen molar-refractivity contribution in [3.05, 3.63) is 0 Å². The Balaban J connectivity index is -0.000000117. The minimum atomic E-state index is -0.167. The number of hydrogen-bond donors (Lipinski definition) is 2. The van der Waals surface area contributed by atoms with Crippen molar-refractivity contribution in [3.8, 4) is 0 Å². The van der Waals surface area contributed by atoms with E-state index >= 15 is 0 Å². The van der Waals surface area contributed by atoms with Crippen molar-refractivity contribution in [2.75, 3.05) is 13.2 Å². The molecule has 80 valence electrons. The highest BCUT2D eigenvalue weighted by atomic mass is 16.5. The summed E-state index contributed by atoms with van der Waals surface area (Å²) in [5.74, 6) is 0. The summed E-state index contributed by atoms with van der Waals surface area (Å²) in [7, 11) is 0. The van der Waals surface area contributed by atoms with Crippen LogP contribution >= 0.6 is 0 Å². The number of hydrogen-bond acceptors (Lipinski definition) is 3. The van der Waals surface area contributed by atoms with Gasteiger partial charge in [-0.1, -0.05) is 27.3 Å². The van der Waals surface area contributed by atoms with Crippen LogP contribution in [0.25, 0.3) is 0 Å². The molecule has 0 bridgehead atoms. The van der Waals surface area contributed by atoms with Crippen molar-refractivity contribution in [2.24, 2.45) is 0 Å². The zero-order chi connectivity index (χ0) is 11.3. The van der Waals surface area contributed by atoms with E-state index in [1.807, 2.05) is 13.8 Å². The molecule has 0 saturated carbocycles. The first kappa shape index (κ1) is 18.7. The molecular formula is C8H24B2O3. The highest BCUT2D eigenvalue weighted by Crippen LogP contribution is 1.64. The summed E-state index contributed by atoms with van der Waals surface area (Å²) >= 11 is 0. The fraction of sp³-hybridized carbons (Fsp3) is 1.00. The molecule has 0 saturated heterocycles. The van der Waals surface area contributed by atoms with Crippen molar-refractivity contribution in [2.45, 2.75) is 41.1 Å². The second-order valence-electron chi connectivity index (χ2n) is 2.97. The average Bonchev–Trinajstić information content (AvgIpc) is 1.86. The zero-order valence-corrected chi connectivity index (χ0v) is 9.87. The lowest BCUT2D eigenvalue weighted by molar-refractivity contribution is 0.162. The van der Waals surface area contributed by atoms with E-state index in [2.05, 4.69) is 0 Å². The standard InChI is InChI=1S/C4H10O.2C2H7BO/c1-3-5-4-2;2*1-3(2)4/h3-4H2,1-2H3;2*4H,1-2H3. The van der Waals surface area contributed by atoms with Gasteiger partial charge in [0.1, 0.15) is 0 Å². The van der Waals surface area contributed by atoms with E-state index in [0.29, 0.717) is 0 Å². The van der Waals surface area contributed by atoms with Gasteiger partial charge >= 0.3 is 0 Å². The van der Waals surface area contributed by atoms with Crippen LogP contribution in [-0.4, -0.2) is 37.1 Å². The van der Waals surface area contributed by atoms with Crippen LogP contribution in [0.4, 0.5) is 0 Å². The fourth-order valence-electron chi connectivity index (χ4n) is 0.204. The lowest BCUT2D eigenvalue weighted by atomic mass is 9.76. The van der Waals surface area contributed by atoms with E-state index < -0.39 is 0 Å². The van der Waals surface area contributed by atoms with Gasteiger partial charge in [0.25, 0.3) is 13.8 Å². The quantitative estimate of drug-likeness (QED) is 0.648. The third kappa shape index (κ3) is 298. The molecule has 0 heterocycles. The van der Waals surface area contributed by atoms with Crippen LogP contribution in [0.2, 0.25) is 27.3 Å². The highest BCUT2D eigenvalue weighted by Gasteiger charge is 1.81. The minimum absolute atomic E-state index is 0.167. The summed E-state index contributed by atoms with van der Waals surface area (Å²) in [6.07, 6.45) is 0. The van der Waals surface area contributed by atoms with E-state index in [0.717, 1.165) is 13.2 Å². The summed E-state index contributed by atoms with van der Waals surface area (Å²) in [6.45, 7) is 12.2. The smallest absolute Gasteiger partial charge is 0.282 e. The van der Waals surface area contributed by atoms with Crippen LogP contribution in [-0.2, 0) is 4.74 Å². The predicted octanol–water partition coefficient (Wildman–Crippen LogP) is 1.50. The SMILES string of the molecule is CB(C)O.CB(C)O.CCOCC. The van der Waals surface area contributed by atoms with Crippen molar-refractivity contribution >= 4 is 13.8 Å². The Labute approximate surface area is 83.7 Å². The molecule has 0 aliphatic heterocycles. The molecule has 0 amide bonds. The fourth-order valence-corrected chi connectivity index (χ4v) is 0.204. The Morgan fingerprint density at radius 3 is 1.00 bits per heavy atom. The monoisotopic (exact) mass is 190 g/mol. The molecule has 0 aliphatic carbocycles. The van der Waals surface area contributed by atoms with E-state index in [-0.39, 0.29) is 13.8 Å². The van der Waals surface area contributed by atoms with E-state index in [1.165, 1.54) is 0 Å². The molecule has 0 spiro atoms. The maximum atomic E-state index is 8.06. The van der Waals surface area contributed by atoms with E-state index in [9.17, 15) is 0 Å². The molecule has 5 heteroatoms. The Morgan fingerprint density at radius 2 is 1.00 bits per heavy atom. The second-order valence-corrected chi connectivity index (χ2v) is 2.97. The summed E-state index contributed by atoms with van der Waals surface area (Å²) in [5, 5.41) is 16.1. The first-order valence-electron chi connectivity index (χ1n) is 4.82. The third-order valence-corrected chi connectivity index (χ3v) is 0.408. The van der Waals surface area contributed by atoms with Gasteiger partial charge in [-0.2, -0.15) is 0 Å². The largest absolute Gasteiger partial charge is 0.451 e. The van der Waals surface area contributed by atoms with Gasteiger partial charge in [-0.25, -0.2) is 0 Å².